The fraction of sp³-hybridized carbons (Fsp3) is 0.667. The van der Waals surface area contributed by atoms with E-state index in [1.807, 2.05) is 6.07 Å². The van der Waals surface area contributed by atoms with Crippen LogP contribution in [0.4, 0.5) is 4.39 Å². The highest BCUT2D eigenvalue weighted by atomic mass is 19.1. The highest BCUT2D eigenvalue weighted by molar-refractivity contribution is 5.23. The van der Waals surface area contributed by atoms with Crippen molar-refractivity contribution in [1.29, 1.82) is 0 Å². The molecule has 110 valence electrons. The summed E-state index contributed by atoms with van der Waals surface area (Å²) in [5.41, 5.74) is 1.17. The Hall–Kier alpha value is -0.890. The SMILES string of the molecule is C[C@@H](NC1CC(c2cccc(F)c2)C1)C1CCCCC1. The summed E-state index contributed by atoms with van der Waals surface area (Å²) < 4.78 is 13.2. The molecule has 0 heterocycles. The quantitative estimate of drug-likeness (QED) is 0.844. The van der Waals surface area contributed by atoms with Gasteiger partial charge in [-0.15, -0.1) is 0 Å². The van der Waals surface area contributed by atoms with E-state index in [9.17, 15) is 4.39 Å². The van der Waals surface area contributed by atoms with Crippen LogP contribution in [0.15, 0.2) is 24.3 Å². The number of hydrogen-bond acceptors (Lipinski definition) is 1. The third kappa shape index (κ3) is 3.22. The Morgan fingerprint density at radius 2 is 1.90 bits per heavy atom. The van der Waals surface area contributed by atoms with E-state index in [4.69, 9.17) is 0 Å². The zero-order valence-electron chi connectivity index (χ0n) is 12.4. The van der Waals surface area contributed by atoms with Gasteiger partial charge in [0.2, 0.25) is 0 Å². The molecule has 2 aliphatic rings. The molecule has 2 saturated carbocycles. The Balaban J connectivity index is 1.46. The molecule has 0 radical (unpaired) electrons. The van der Waals surface area contributed by atoms with Crippen molar-refractivity contribution < 1.29 is 4.39 Å². The predicted molar refractivity (Wildman–Crippen MR) is 81.3 cm³/mol. The van der Waals surface area contributed by atoms with Gasteiger partial charge in [-0.25, -0.2) is 4.39 Å². The molecule has 0 spiro atoms. The number of halogens is 1. The van der Waals surface area contributed by atoms with Crippen LogP contribution in [0.2, 0.25) is 0 Å². The smallest absolute Gasteiger partial charge is 0.123 e. The second kappa shape index (κ2) is 6.26. The fourth-order valence-electron chi connectivity index (χ4n) is 3.93. The van der Waals surface area contributed by atoms with Gasteiger partial charge in [-0.05, 0) is 62.1 Å². The van der Waals surface area contributed by atoms with Crippen LogP contribution in [0.5, 0.6) is 0 Å². The summed E-state index contributed by atoms with van der Waals surface area (Å²) in [5, 5.41) is 3.81. The summed E-state index contributed by atoms with van der Waals surface area (Å²) in [6.45, 7) is 2.35. The zero-order valence-corrected chi connectivity index (χ0v) is 12.4. The molecule has 0 aromatic heterocycles. The number of benzene rings is 1. The average Bonchev–Trinajstić information content (AvgIpc) is 2.43. The van der Waals surface area contributed by atoms with Crippen LogP contribution in [0.3, 0.4) is 0 Å². The van der Waals surface area contributed by atoms with Crippen LogP contribution in [-0.2, 0) is 0 Å². The van der Waals surface area contributed by atoms with Gasteiger partial charge in [0.1, 0.15) is 5.82 Å². The van der Waals surface area contributed by atoms with E-state index < -0.39 is 0 Å². The van der Waals surface area contributed by atoms with Gasteiger partial charge in [0.15, 0.2) is 0 Å². The maximum atomic E-state index is 13.2. The highest BCUT2D eigenvalue weighted by Crippen LogP contribution is 2.38. The first-order chi connectivity index (χ1) is 9.72. The number of hydrogen-bond donors (Lipinski definition) is 1. The molecule has 0 amide bonds. The molecule has 1 atom stereocenters. The standard InChI is InChI=1S/C18H26FN/c1-13(14-6-3-2-4-7-14)20-18-11-16(12-18)15-8-5-9-17(19)10-15/h5,8-10,13-14,16,18,20H,2-4,6-7,11-12H2,1H3/t13-,16?,18?/m1/s1. The summed E-state index contributed by atoms with van der Waals surface area (Å²) in [6.07, 6.45) is 9.37. The van der Waals surface area contributed by atoms with Crippen molar-refractivity contribution in [3.05, 3.63) is 35.6 Å². The minimum absolute atomic E-state index is 0.102. The second-order valence-electron chi connectivity index (χ2n) is 6.77. The molecular weight excluding hydrogens is 249 g/mol. The molecule has 2 heteroatoms. The molecule has 1 aromatic carbocycles. The Morgan fingerprint density at radius 3 is 2.60 bits per heavy atom. The summed E-state index contributed by atoms with van der Waals surface area (Å²) in [6, 6.07) is 8.41. The maximum absolute atomic E-state index is 13.2. The Kier molecular flexibility index (Phi) is 4.40. The summed E-state index contributed by atoms with van der Waals surface area (Å²) >= 11 is 0. The van der Waals surface area contributed by atoms with Gasteiger partial charge >= 0.3 is 0 Å². The van der Waals surface area contributed by atoms with E-state index in [0.29, 0.717) is 18.0 Å². The van der Waals surface area contributed by atoms with Crippen LogP contribution < -0.4 is 5.32 Å². The third-order valence-corrected chi connectivity index (χ3v) is 5.31. The molecule has 3 rings (SSSR count). The monoisotopic (exact) mass is 275 g/mol. The third-order valence-electron chi connectivity index (χ3n) is 5.31. The Bertz CT molecular complexity index is 433. The lowest BCUT2D eigenvalue weighted by Gasteiger charge is -2.40. The van der Waals surface area contributed by atoms with Gasteiger partial charge in [0.05, 0.1) is 0 Å². The van der Waals surface area contributed by atoms with Crippen LogP contribution in [0.25, 0.3) is 0 Å². The van der Waals surface area contributed by atoms with Crippen molar-refractivity contribution in [2.45, 2.75) is 69.9 Å². The van der Waals surface area contributed by atoms with Crippen LogP contribution in [-0.4, -0.2) is 12.1 Å². The van der Waals surface area contributed by atoms with Gasteiger partial charge in [-0.3, -0.25) is 0 Å². The highest BCUT2D eigenvalue weighted by Gasteiger charge is 2.32. The van der Waals surface area contributed by atoms with Crippen molar-refractivity contribution in [2.75, 3.05) is 0 Å². The van der Waals surface area contributed by atoms with E-state index in [2.05, 4.69) is 18.3 Å². The van der Waals surface area contributed by atoms with Crippen LogP contribution >= 0.6 is 0 Å². The minimum Gasteiger partial charge on any atom is -0.311 e. The molecule has 2 fully saturated rings. The molecule has 1 nitrogen and oxygen atoms in total. The van der Waals surface area contributed by atoms with Crippen molar-refractivity contribution >= 4 is 0 Å². The number of rotatable bonds is 4. The fourth-order valence-corrected chi connectivity index (χ4v) is 3.93. The molecule has 0 aliphatic heterocycles. The van der Waals surface area contributed by atoms with E-state index in [1.54, 1.807) is 6.07 Å². The van der Waals surface area contributed by atoms with Gasteiger partial charge < -0.3 is 5.32 Å². The largest absolute Gasteiger partial charge is 0.311 e. The average molecular weight is 275 g/mol. The summed E-state index contributed by atoms with van der Waals surface area (Å²) in [7, 11) is 0. The van der Waals surface area contributed by atoms with Gasteiger partial charge in [-0.1, -0.05) is 31.4 Å². The van der Waals surface area contributed by atoms with Crippen molar-refractivity contribution in [2.24, 2.45) is 5.92 Å². The van der Waals surface area contributed by atoms with Crippen LogP contribution in [0.1, 0.15) is 63.4 Å². The van der Waals surface area contributed by atoms with Gasteiger partial charge in [0.25, 0.3) is 0 Å². The van der Waals surface area contributed by atoms with Crippen molar-refractivity contribution in [3.63, 3.8) is 0 Å². The van der Waals surface area contributed by atoms with E-state index >= 15 is 0 Å². The molecule has 0 saturated heterocycles. The zero-order chi connectivity index (χ0) is 13.9. The van der Waals surface area contributed by atoms with Crippen molar-refractivity contribution in [3.8, 4) is 0 Å². The number of nitrogens with one attached hydrogen (secondary N) is 1. The minimum atomic E-state index is -0.102. The van der Waals surface area contributed by atoms with E-state index in [1.165, 1.54) is 56.6 Å². The first-order valence-corrected chi connectivity index (χ1v) is 8.24. The first-order valence-electron chi connectivity index (χ1n) is 8.24. The lowest BCUT2D eigenvalue weighted by molar-refractivity contribution is 0.210. The van der Waals surface area contributed by atoms with Crippen LogP contribution in [0, 0.1) is 11.7 Å². The second-order valence-corrected chi connectivity index (χ2v) is 6.77. The molecular formula is C18H26FN. The molecule has 1 aromatic rings. The lowest BCUT2D eigenvalue weighted by Crippen LogP contribution is -2.47. The Morgan fingerprint density at radius 1 is 1.15 bits per heavy atom. The molecule has 20 heavy (non-hydrogen) atoms. The summed E-state index contributed by atoms with van der Waals surface area (Å²) in [5.74, 6) is 1.33. The Labute approximate surface area is 122 Å². The van der Waals surface area contributed by atoms with Gasteiger partial charge in [-0.2, -0.15) is 0 Å². The maximum Gasteiger partial charge on any atom is 0.123 e. The van der Waals surface area contributed by atoms with Gasteiger partial charge in [0, 0.05) is 12.1 Å². The van der Waals surface area contributed by atoms with E-state index in [-0.39, 0.29) is 5.82 Å². The molecule has 2 aliphatic carbocycles. The lowest BCUT2D eigenvalue weighted by atomic mass is 9.75. The van der Waals surface area contributed by atoms with Crippen molar-refractivity contribution in [1.82, 2.24) is 5.32 Å². The summed E-state index contributed by atoms with van der Waals surface area (Å²) in [4.78, 5) is 0. The molecule has 0 unspecified atom stereocenters. The topological polar surface area (TPSA) is 12.0 Å². The van der Waals surface area contributed by atoms with E-state index in [0.717, 1.165) is 5.92 Å². The predicted octanol–water partition coefficient (Wildman–Crippen LogP) is 4.63. The normalized spacial score (nSPS) is 28.9. The first kappa shape index (κ1) is 14.1. The molecule has 1 N–H and O–H groups in total. The molecule has 0 bridgehead atoms.